The molecule has 18 heavy (non-hydrogen) atoms. The van der Waals surface area contributed by atoms with Crippen molar-refractivity contribution >= 4 is 0 Å². The fourth-order valence-electron chi connectivity index (χ4n) is 3.77. The third-order valence-corrected chi connectivity index (χ3v) is 4.91. The number of nitrogens with one attached hydrogen (secondary N) is 4. The average Bonchev–Trinajstić information content (AvgIpc) is 2.49. The summed E-state index contributed by atoms with van der Waals surface area (Å²) in [5.41, 5.74) is 7.17. The second-order valence-corrected chi connectivity index (χ2v) is 6.19. The SMILES string of the molecule is C1CCC(C2CCC(C3CCCCN3)NN2)NC1. The molecule has 0 saturated carbocycles. The summed E-state index contributed by atoms with van der Waals surface area (Å²) in [5, 5.41) is 7.33. The molecule has 3 heterocycles. The van der Waals surface area contributed by atoms with Gasteiger partial charge in [-0.2, -0.15) is 0 Å². The first-order valence-electron chi connectivity index (χ1n) is 7.91. The lowest BCUT2D eigenvalue weighted by Crippen LogP contribution is -2.64. The highest BCUT2D eigenvalue weighted by atomic mass is 15.4. The normalized spacial score (nSPS) is 42.7. The maximum Gasteiger partial charge on any atom is 0.0367 e. The smallest absolute Gasteiger partial charge is 0.0367 e. The molecule has 4 atom stereocenters. The van der Waals surface area contributed by atoms with E-state index in [0.29, 0.717) is 24.2 Å². The van der Waals surface area contributed by atoms with Gasteiger partial charge in [0, 0.05) is 24.2 Å². The van der Waals surface area contributed by atoms with Crippen LogP contribution in [0.3, 0.4) is 0 Å². The Hall–Kier alpha value is -0.160. The monoisotopic (exact) mass is 252 g/mol. The summed E-state index contributed by atoms with van der Waals surface area (Å²) in [5.74, 6) is 0. The van der Waals surface area contributed by atoms with Gasteiger partial charge in [-0.1, -0.05) is 12.8 Å². The summed E-state index contributed by atoms with van der Waals surface area (Å²) in [4.78, 5) is 0. The fraction of sp³-hybridized carbons (Fsp3) is 1.00. The number of rotatable bonds is 2. The fourth-order valence-corrected chi connectivity index (χ4v) is 3.77. The molecule has 0 aromatic carbocycles. The van der Waals surface area contributed by atoms with Gasteiger partial charge in [-0.15, -0.1) is 0 Å². The van der Waals surface area contributed by atoms with E-state index in [0.717, 1.165) is 0 Å². The number of hydrogen-bond donors (Lipinski definition) is 4. The van der Waals surface area contributed by atoms with Crippen molar-refractivity contribution in [3.8, 4) is 0 Å². The number of hydrazine groups is 1. The van der Waals surface area contributed by atoms with Gasteiger partial charge >= 0.3 is 0 Å². The lowest BCUT2D eigenvalue weighted by atomic mass is 9.88. The van der Waals surface area contributed by atoms with Crippen molar-refractivity contribution in [2.75, 3.05) is 13.1 Å². The molecule has 0 bridgehead atoms. The second kappa shape index (κ2) is 6.33. The zero-order valence-corrected chi connectivity index (χ0v) is 11.4. The largest absolute Gasteiger partial charge is 0.312 e. The van der Waals surface area contributed by atoms with Gasteiger partial charge in [0.1, 0.15) is 0 Å². The maximum absolute atomic E-state index is 3.67. The molecule has 0 aromatic heterocycles. The van der Waals surface area contributed by atoms with E-state index in [1.165, 1.54) is 64.5 Å². The maximum atomic E-state index is 3.67. The summed E-state index contributed by atoms with van der Waals surface area (Å²) in [6, 6.07) is 2.63. The van der Waals surface area contributed by atoms with Crippen molar-refractivity contribution in [1.29, 1.82) is 0 Å². The quantitative estimate of drug-likeness (QED) is 0.590. The molecule has 104 valence electrons. The van der Waals surface area contributed by atoms with E-state index in [-0.39, 0.29) is 0 Å². The molecule has 4 unspecified atom stereocenters. The molecule has 0 aromatic rings. The Morgan fingerprint density at radius 3 is 1.33 bits per heavy atom. The van der Waals surface area contributed by atoms with Crippen LogP contribution in [0.15, 0.2) is 0 Å². The van der Waals surface area contributed by atoms with Gasteiger partial charge < -0.3 is 10.6 Å². The van der Waals surface area contributed by atoms with Crippen LogP contribution in [0.25, 0.3) is 0 Å². The molecule has 3 aliphatic heterocycles. The summed E-state index contributed by atoms with van der Waals surface area (Å²) < 4.78 is 0. The van der Waals surface area contributed by atoms with Crippen LogP contribution >= 0.6 is 0 Å². The second-order valence-electron chi connectivity index (χ2n) is 6.19. The van der Waals surface area contributed by atoms with Gasteiger partial charge in [-0.3, -0.25) is 10.9 Å². The van der Waals surface area contributed by atoms with Crippen LogP contribution in [0.5, 0.6) is 0 Å². The first-order valence-corrected chi connectivity index (χ1v) is 7.91. The Bertz CT molecular complexity index is 212. The van der Waals surface area contributed by atoms with Crippen LogP contribution in [0.1, 0.15) is 51.4 Å². The zero-order chi connectivity index (χ0) is 12.2. The summed E-state index contributed by atoms with van der Waals surface area (Å²) in [6.45, 7) is 2.41. The molecule has 4 N–H and O–H groups in total. The Kier molecular flexibility index (Phi) is 4.52. The van der Waals surface area contributed by atoms with Crippen molar-refractivity contribution in [3.05, 3.63) is 0 Å². The molecule has 3 rings (SSSR count). The molecule has 0 radical (unpaired) electrons. The van der Waals surface area contributed by atoms with Crippen LogP contribution in [-0.2, 0) is 0 Å². The van der Waals surface area contributed by atoms with E-state index >= 15 is 0 Å². The number of piperidine rings is 2. The minimum absolute atomic E-state index is 0.630. The molecule has 4 heteroatoms. The molecular weight excluding hydrogens is 224 g/mol. The van der Waals surface area contributed by atoms with E-state index in [2.05, 4.69) is 21.5 Å². The Labute approximate surface area is 111 Å². The highest BCUT2D eigenvalue weighted by molar-refractivity contribution is 4.92. The Balaban J connectivity index is 1.45. The molecule has 0 aliphatic carbocycles. The van der Waals surface area contributed by atoms with E-state index in [4.69, 9.17) is 0 Å². The van der Waals surface area contributed by atoms with Crippen LogP contribution in [0.4, 0.5) is 0 Å². The summed E-state index contributed by atoms with van der Waals surface area (Å²) >= 11 is 0. The highest BCUT2D eigenvalue weighted by Gasteiger charge is 2.31. The van der Waals surface area contributed by atoms with Crippen LogP contribution in [-0.4, -0.2) is 37.3 Å². The lowest BCUT2D eigenvalue weighted by Gasteiger charge is -2.41. The average molecular weight is 252 g/mol. The minimum Gasteiger partial charge on any atom is -0.312 e. The molecule has 0 amide bonds. The zero-order valence-electron chi connectivity index (χ0n) is 11.4. The van der Waals surface area contributed by atoms with Crippen molar-refractivity contribution in [1.82, 2.24) is 21.5 Å². The third-order valence-electron chi connectivity index (χ3n) is 4.91. The van der Waals surface area contributed by atoms with Crippen molar-refractivity contribution in [3.63, 3.8) is 0 Å². The van der Waals surface area contributed by atoms with Crippen LogP contribution in [0, 0.1) is 0 Å². The van der Waals surface area contributed by atoms with Gasteiger partial charge in [0.2, 0.25) is 0 Å². The van der Waals surface area contributed by atoms with Crippen molar-refractivity contribution in [2.24, 2.45) is 0 Å². The number of hydrogen-bond acceptors (Lipinski definition) is 4. The first kappa shape index (κ1) is 12.9. The van der Waals surface area contributed by atoms with Gasteiger partial charge in [0.05, 0.1) is 0 Å². The van der Waals surface area contributed by atoms with Gasteiger partial charge in [0.15, 0.2) is 0 Å². The summed E-state index contributed by atoms with van der Waals surface area (Å²) in [6.07, 6.45) is 10.8. The minimum atomic E-state index is 0.630. The summed E-state index contributed by atoms with van der Waals surface area (Å²) in [7, 11) is 0. The molecule has 3 saturated heterocycles. The lowest BCUT2D eigenvalue weighted by molar-refractivity contribution is 0.175. The van der Waals surface area contributed by atoms with Gasteiger partial charge in [-0.25, -0.2) is 0 Å². The van der Waals surface area contributed by atoms with Crippen molar-refractivity contribution < 1.29 is 0 Å². The van der Waals surface area contributed by atoms with E-state index in [1.54, 1.807) is 0 Å². The van der Waals surface area contributed by atoms with Crippen LogP contribution < -0.4 is 21.5 Å². The topological polar surface area (TPSA) is 48.1 Å². The van der Waals surface area contributed by atoms with Crippen molar-refractivity contribution in [2.45, 2.75) is 75.5 Å². The molecular formula is C14H28N4. The third kappa shape index (κ3) is 3.05. The standard InChI is InChI=1S/C14H28N4/c1-3-9-15-11(5-1)13-7-8-14(18-17-13)12-6-2-4-10-16-12/h11-18H,1-10H2. The van der Waals surface area contributed by atoms with Crippen LogP contribution in [0.2, 0.25) is 0 Å². The molecule has 0 spiro atoms. The predicted octanol–water partition coefficient (Wildman–Crippen LogP) is 0.896. The van der Waals surface area contributed by atoms with E-state index < -0.39 is 0 Å². The Morgan fingerprint density at radius 2 is 1.00 bits per heavy atom. The highest BCUT2D eigenvalue weighted by Crippen LogP contribution is 2.20. The van der Waals surface area contributed by atoms with E-state index in [1.807, 2.05) is 0 Å². The Morgan fingerprint density at radius 1 is 0.500 bits per heavy atom. The molecule has 3 fully saturated rings. The first-order chi connectivity index (χ1) is 8.93. The molecule has 4 nitrogen and oxygen atoms in total. The predicted molar refractivity (Wildman–Crippen MR) is 74.4 cm³/mol. The molecule has 3 aliphatic rings. The van der Waals surface area contributed by atoms with E-state index in [9.17, 15) is 0 Å². The van der Waals surface area contributed by atoms with Gasteiger partial charge in [-0.05, 0) is 51.6 Å². The van der Waals surface area contributed by atoms with Gasteiger partial charge in [0.25, 0.3) is 0 Å².